The van der Waals surface area contributed by atoms with Gasteiger partial charge in [0.1, 0.15) is 0 Å². The van der Waals surface area contributed by atoms with Gasteiger partial charge in [0, 0.05) is 25.4 Å². The third-order valence-corrected chi connectivity index (χ3v) is 6.30. The summed E-state index contributed by atoms with van der Waals surface area (Å²) in [6.07, 6.45) is 3.75. The first-order valence-corrected chi connectivity index (χ1v) is 8.10. The predicted octanol–water partition coefficient (Wildman–Crippen LogP) is -0.335. The molecule has 0 amide bonds. The fourth-order valence-corrected chi connectivity index (χ4v) is 3.64. The highest BCUT2D eigenvalue weighted by atomic mass is 31.2. The zero-order valence-corrected chi connectivity index (χ0v) is 11.0. The van der Waals surface area contributed by atoms with Crippen LogP contribution >= 0.6 is 15.2 Å². The second kappa shape index (κ2) is 5.22. The van der Waals surface area contributed by atoms with Crippen molar-refractivity contribution in [2.24, 2.45) is 0 Å². The molecule has 1 aromatic heterocycles. The number of aromatic nitrogens is 2. The summed E-state index contributed by atoms with van der Waals surface area (Å²) in [6.45, 7) is 0.225. The van der Waals surface area contributed by atoms with Crippen molar-refractivity contribution in [1.29, 1.82) is 0 Å². The number of aliphatic hydroxyl groups is 1. The maximum Gasteiger partial charge on any atom is 0.369 e. The van der Waals surface area contributed by atoms with Gasteiger partial charge in [-0.15, -0.1) is 0 Å². The van der Waals surface area contributed by atoms with E-state index in [2.05, 4.69) is 4.98 Å². The number of hydrogen-bond donors (Lipinski definition) is 5. The van der Waals surface area contributed by atoms with Crippen LogP contribution in [0.25, 0.3) is 0 Å². The van der Waals surface area contributed by atoms with Gasteiger partial charge in [0.25, 0.3) is 5.08 Å². The standard InChI is InChI=1S/C7H14N2O7P2/c10-7(17(11,12)13,18(14,15)16)2-1-4-9-5-3-8-6-9/h3,5-6,10H,1-2,4H2,(H2,11,12,13)(H2,14,15,16). The predicted molar refractivity (Wildman–Crippen MR) is 60.5 cm³/mol. The van der Waals surface area contributed by atoms with Crippen LogP contribution in [0.15, 0.2) is 18.7 Å². The largest absolute Gasteiger partial charge is 0.369 e. The number of imidazole rings is 1. The minimum Gasteiger partial charge on any atom is -0.368 e. The van der Waals surface area contributed by atoms with Crippen LogP contribution in [-0.4, -0.2) is 39.3 Å². The van der Waals surface area contributed by atoms with E-state index >= 15 is 0 Å². The Kier molecular flexibility index (Phi) is 4.51. The molecule has 0 aliphatic heterocycles. The summed E-state index contributed by atoms with van der Waals surface area (Å²) in [7, 11) is -10.7. The molecule has 0 aliphatic carbocycles. The Hall–Kier alpha value is -0.530. The first-order chi connectivity index (χ1) is 8.08. The highest BCUT2D eigenvalue weighted by Gasteiger charge is 2.58. The molecule has 1 rings (SSSR count). The summed E-state index contributed by atoms with van der Waals surface area (Å²) in [5.74, 6) is 0. The molecule has 11 heteroatoms. The van der Waals surface area contributed by atoms with Crippen LogP contribution in [-0.2, 0) is 15.7 Å². The van der Waals surface area contributed by atoms with E-state index in [0.717, 1.165) is 0 Å². The van der Waals surface area contributed by atoms with Gasteiger partial charge in [0.2, 0.25) is 0 Å². The molecule has 0 saturated carbocycles. The molecule has 18 heavy (non-hydrogen) atoms. The van der Waals surface area contributed by atoms with Crippen LogP contribution < -0.4 is 0 Å². The average Bonchev–Trinajstić information content (AvgIpc) is 2.66. The average molecular weight is 300 g/mol. The summed E-state index contributed by atoms with van der Waals surface area (Å²) >= 11 is 0. The molecule has 104 valence electrons. The fourth-order valence-electron chi connectivity index (χ4n) is 1.38. The minimum atomic E-state index is -5.35. The maximum atomic E-state index is 11.0. The van der Waals surface area contributed by atoms with E-state index in [1.54, 1.807) is 10.8 Å². The van der Waals surface area contributed by atoms with Crippen molar-refractivity contribution in [2.75, 3.05) is 0 Å². The Morgan fingerprint density at radius 1 is 1.17 bits per heavy atom. The van der Waals surface area contributed by atoms with Crippen molar-refractivity contribution >= 4 is 15.2 Å². The SMILES string of the molecule is O=P(O)(O)C(O)(CCCn1ccnc1)P(=O)(O)O. The first-order valence-electron chi connectivity index (χ1n) is 4.87. The monoisotopic (exact) mass is 300 g/mol. The lowest BCUT2D eigenvalue weighted by atomic mass is 10.3. The molecular formula is C7H14N2O7P2. The van der Waals surface area contributed by atoms with Gasteiger partial charge in [-0.05, 0) is 6.42 Å². The molecule has 0 aromatic carbocycles. The van der Waals surface area contributed by atoms with E-state index < -0.39 is 26.7 Å². The van der Waals surface area contributed by atoms with E-state index in [-0.39, 0.29) is 13.0 Å². The number of aryl methyl sites for hydroxylation is 1. The molecule has 0 atom stereocenters. The smallest absolute Gasteiger partial charge is 0.368 e. The Morgan fingerprint density at radius 3 is 2.11 bits per heavy atom. The molecule has 5 N–H and O–H groups in total. The first kappa shape index (κ1) is 15.5. The number of rotatable bonds is 6. The van der Waals surface area contributed by atoms with Gasteiger partial charge in [-0.25, -0.2) is 4.98 Å². The van der Waals surface area contributed by atoms with Crippen molar-refractivity contribution in [3.8, 4) is 0 Å². The number of nitrogens with zero attached hydrogens (tertiary/aromatic N) is 2. The van der Waals surface area contributed by atoms with Crippen molar-refractivity contribution in [2.45, 2.75) is 24.5 Å². The molecule has 0 bridgehead atoms. The van der Waals surface area contributed by atoms with Crippen molar-refractivity contribution in [3.63, 3.8) is 0 Å². The third-order valence-electron chi connectivity index (χ3n) is 2.42. The van der Waals surface area contributed by atoms with Crippen LogP contribution in [0.5, 0.6) is 0 Å². The molecule has 1 heterocycles. The third kappa shape index (κ3) is 3.27. The summed E-state index contributed by atoms with van der Waals surface area (Å²) < 4.78 is 23.6. The zero-order chi connectivity index (χ0) is 14.0. The fraction of sp³-hybridized carbons (Fsp3) is 0.571. The molecule has 1 aromatic rings. The Labute approximate surface area is 102 Å². The van der Waals surface area contributed by atoms with Gasteiger partial charge < -0.3 is 29.2 Å². The van der Waals surface area contributed by atoms with Gasteiger partial charge in [-0.1, -0.05) is 0 Å². The highest BCUT2D eigenvalue weighted by Crippen LogP contribution is 2.69. The summed E-state index contributed by atoms with van der Waals surface area (Å²) in [6, 6.07) is 0. The van der Waals surface area contributed by atoms with Crippen molar-refractivity contribution in [3.05, 3.63) is 18.7 Å². The minimum absolute atomic E-state index is 0.0247. The van der Waals surface area contributed by atoms with Crippen LogP contribution in [0.2, 0.25) is 0 Å². The van der Waals surface area contributed by atoms with Gasteiger partial charge in [-0.3, -0.25) is 9.13 Å². The van der Waals surface area contributed by atoms with Crippen molar-refractivity contribution in [1.82, 2.24) is 9.55 Å². The van der Waals surface area contributed by atoms with E-state index in [1.807, 2.05) is 0 Å². The Morgan fingerprint density at radius 2 is 1.72 bits per heavy atom. The van der Waals surface area contributed by atoms with Crippen LogP contribution in [0.3, 0.4) is 0 Å². The lowest BCUT2D eigenvalue weighted by molar-refractivity contribution is 0.120. The number of hydrogen-bond acceptors (Lipinski definition) is 4. The summed E-state index contributed by atoms with van der Waals surface area (Å²) in [4.78, 5) is 39.2. The topological polar surface area (TPSA) is 153 Å². The Balaban J connectivity index is 2.76. The normalized spacial score (nSPS) is 13.8. The van der Waals surface area contributed by atoms with E-state index in [0.29, 0.717) is 0 Å². The molecule has 0 saturated heterocycles. The highest BCUT2D eigenvalue weighted by molar-refractivity contribution is 7.72. The van der Waals surface area contributed by atoms with Crippen LogP contribution in [0.4, 0.5) is 0 Å². The quantitative estimate of drug-likeness (QED) is 0.447. The molecule has 0 radical (unpaired) electrons. The zero-order valence-electron chi connectivity index (χ0n) is 9.19. The van der Waals surface area contributed by atoms with Crippen LogP contribution in [0.1, 0.15) is 12.8 Å². The second-order valence-electron chi connectivity index (χ2n) is 3.77. The molecule has 0 unspecified atom stereocenters. The van der Waals surface area contributed by atoms with Gasteiger partial charge >= 0.3 is 15.2 Å². The van der Waals surface area contributed by atoms with E-state index in [9.17, 15) is 14.2 Å². The molecule has 0 aliphatic rings. The molecular weight excluding hydrogens is 286 g/mol. The van der Waals surface area contributed by atoms with E-state index in [1.165, 1.54) is 12.5 Å². The van der Waals surface area contributed by atoms with Crippen molar-refractivity contribution < 1.29 is 33.8 Å². The summed E-state index contributed by atoms with van der Waals surface area (Å²) in [5.41, 5.74) is 0. The molecule has 0 fully saturated rings. The van der Waals surface area contributed by atoms with Crippen LogP contribution in [0, 0.1) is 0 Å². The second-order valence-corrected chi connectivity index (χ2v) is 7.78. The lowest BCUT2D eigenvalue weighted by Gasteiger charge is -2.29. The molecule has 9 nitrogen and oxygen atoms in total. The lowest BCUT2D eigenvalue weighted by Crippen LogP contribution is -2.28. The molecule has 0 spiro atoms. The Bertz CT molecular complexity index is 454. The summed E-state index contributed by atoms with van der Waals surface area (Å²) in [5, 5.41) is 6.23. The maximum absolute atomic E-state index is 11.0. The van der Waals surface area contributed by atoms with Gasteiger partial charge in [0.05, 0.1) is 6.33 Å². The van der Waals surface area contributed by atoms with Gasteiger partial charge in [-0.2, -0.15) is 0 Å². The van der Waals surface area contributed by atoms with E-state index in [4.69, 9.17) is 19.6 Å². The van der Waals surface area contributed by atoms with Gasteiger partial charge in [0.15, 0.2) is 0 Å².